The molecule has 0 saturated carbocycles. The largest absolute Gasteiger partial charge is 0.481 e. The predicted octanol–water partition coefficient (Wildman–Crippen LogP) is 3.74. The van der Waals surface area contributed by atoms with E-state index in [1.165, 1.54) is 32.1 Å². The van der Waals surface area contributed by atoms with Crippen LogP contribution in [0.2, 0.25) is 0 Å². The Bertz CT molecular complexity index is 266. The van der Waals surface area contributed by atoms with E-state index >= 15 is 0 Å². The molecule has 1 atom stereocenters. The van der Waals surface area contributed by atoms with Gasteiger partial charge in [-0.1, -0.05) is 58.8 Å². The highest BCUT2D eigenvalue weighted by Gasteiger charge is 2.12. The van der Waals surface area contributed by atoms with E-state index in [1.807, 2.05) is 6.92 Å². The number of unbranched alkanes of at least 4 members (excludes halogenated alkanes) is 6. The number of carbonyl (C=O) groups excluding carboxylic acids is 1. The van der Waals surface area contributed by atoms with Gasteiger partial charge in [-0.3, -0.25) is 9.59 Å². The highest BCUT2D eigenvalue weighted by Crippen LogP contribution is 2.09. The number of nitrogens with one attached hydrogen (secondary N) is 1. The van der Waals surface area contributed by atoms with Gasteiger partial charge in [0, 0.05) is 19.4 Å². The molecule has 1 unspecified atom stereocenters. The number of carboxylic acid groups (broad SMARTS) is 1. The Kier molecular flexibility index (Phi) is 12.3. The van der Waals surface area contributed by atoms with Crippen molar-refractivity contribution in [2.24, 2.45) is 5.92 Å². The van der Waals surface area contributed by atoms with Crippen LogP contribution in [0.1, 0.15) is 78.1 Å². The summed E-state index contributed by atoms with van der Waals surface area (Å²) in [5.74, 6) is -0.689. The molecule has 0 aromatic rings. The smallest absolute Gasteiger partial charge is 0.303 e. The third-order valence-electron chi connectivity index (χ3n) is 3.64. The predicted molar refractivity (Wildman–Crippen MR) is 81.7 cm³/mol. The number of rotatable bonds is 13. The molecule has 0 aliphatic carbocycles. The van der Waals surface area contributed by atoms with E-state index in [2.05, 4.69) is 12.2 Å². The molecule has 0 aliphatic heterocycles. The van der Waals surface area contributed by atoms with Crippen LogP contribution in [-0.4, -0.2) is 23.5 Å². The quantitative estimate of drug-likeness (QED) is 0.506. The van der Waals surface area contributed by atoms with Crippen molar-refractivity contribution in [2.75, 3.05) is 6.54 Å². The molecule has 20 heavy (non-hydrogen) atoms. The molecule has 0 aromatic carbocycles. The Morgan fingerprint density at radius 1 is 1.00 bits per heavy atom. The summed E-state index contributed by atoms with van der Waals surface area (Å²) < 4.78 is 0. The fourth-order valence-electron chi connectivity index (χ4n) is 2.20. The molecule has 118 valence electrons. The van der Waals surface area contributed by atoms with Crippen LogP contribution in [0.4, 0.5) is 0 Å². The summed E-state index contributed by atoms with van der Waals surface area (Å²) in [6.45, 7) is 4.65. The van der Waals surface area contributed by atoms with Crippen molar-refractivity contribution in [3.8, 4) is 0 Å². The molecule has 0 rings (SSSR count). The van der Waals surface area contributed by atoms with Gasteiger partial charge in [-0.2, -0.15) is 0 Å². The second-order valence-corrected chi connectivity index (χ2v) is 5.55. The zero-order valence-corrected chi connectivity index (χ0v) is 13.1. The van der Waals surface area contributed by atoms with Gasteiger partial charge < -0.3 is 10.4 Å². The first kappa shape index (κ1) is 18.9. The van der Waals surface area contributed by atoms with Crippen LogP contribution < -0.4 is 5.32 Å². The van der Waals surface area contributed by atoms with E-state index in [1.54, 1.807) is 0 Å². The van der Waals surface area contributed by atoms with E-state index in [0.717, 1.165) is 19.3 Å². The zero-order chi connectivity index (χ0) is 15.2. The number of hydrogen-bond acceptors (Lipinski definition) is 2. The Morgan fingerprint density at radius 3 is 2.15 bits per heavy atom. The second-order valence-electron chi connectivity index (χ2n) is 5.55. The molecule has 4 heteroatoms. The van der Waals surface area contributed by atoms with Gasteiger partial charge in [0.2, 0.25) is 5.91 Å². The van der Waals surface area contributed by atoms with Crippen molar-refractivity contribution in [1.82, 2.24) is 5.32 Å². The number of carboxylic acids is 1. The average molecular weight is 285 g/mol. The van der Waals surface area contributed by atoms with Gasteiger partial charge in [-0.15, -0.1) is 0 Å². The molecule has 1 amide bonds. The fourth-order valence-corrected chi connectivity index (χ4v) is 2.20. The summed E-state index contributed by atoms with van der Waals surface area (Å²) in [5.41, 5.74) is 0. The third-order valence-corrected chi connectivity index (χ3v) is 3.64. The summed E-state index contributed by atoms with van der Waals surface area (Å²) in [5, 5.41) is 11.6. The first-order valence-electron chi connectivity index (χ1n) is 8.08. The van der Waals surface area contributed by atoms with Crippen molar-refractivity contribution in [2.45, 2.75) is 78.1 Å². The van der Waals surface area contributed by atoms with Gasteiger partial charge in [-0.05, 0) is 12.3 Å². The van der Waals surface area contributed by atoms with E-state index in [4.69, 9.17) is 5.11 Å². The van der Waals surface area contributed by atoms with E-state index < -0.39 is 5.97 Å². The number of hydrogen-bond donors (Lipinski definition) is 2. The molecular formula is C16H31NO3. The summed E-state index contributed by atoms with van der Waals surface area (Å²) >= 11 is 0. The number of carbonyl (C=O) groups is 2. The maximum Gasteiger partial charge on any atom is 0.303 e. The molecule has 0 spiro atoms. The van der Waals surface area contributed by atoms with Crippen LogP contribution in [0, 0.1) is 5.92 Å². The highest BCUT2D eigenvalue weighted by atomic mass is 16.4. The van der Waals surface area contributed by atoms with Gasteiger partial charge in [-0.25, -0.2) is 0 Å². The molecule has 2 N–H and O–H groups in total. The van der Waals surface area contributed by atoms with Gasteiger partial charge in [0.15, 0.2) is 0 Å². The summed E-state index contributed by atoms with van der Waals surface area (Å²) in [6, 6.07) is 0. The first-order valence-corrected chi connectivity index (χ1v) is 8.08. The lowest BCUT2D eigenvalue weighted by Crippen LogP contribution is -2.29. The lowest BCUT2D eigenvalue weighted by Gasteiger charge is -2.13. The zero-order valence-electron chi connectivity index (χ0n) is 13.1. The van der Waals surface area contributed by atoms with Crippen LogP contribution >= 0.6 is 0 Å². The Balaban J connectivity index is 3.50. The van der Waals surface area contributed by atoms with Crippen molar-refractivity contribution >= 4 is 11.9 Å². The molecule has 0 fully saturated rings. The molecule has 0 radical (unpaired) electrons. The molecule has 0 saturated heterocycles. The van der Waals surface area contributed by atoms with Crippen molar-refractivity contribution < 1.29 is 14.7 Å². The second kappa shape index (κ2) is 12.9. The Morgan fingerprint density at radius 2 is 1.60 bits per heavy atom. The van der Waals surface area contributed by atoms with Gasteiger partial charge >= 0.3 is 5.97 Å². The minimum absolute atomic E-state index is 0.0468. The van der Waals surface area contributed by atoms with E-state index in [9.17, 15) is 9.59 Å². The summed E-state index contributed by atoms with van der Waals surface area (Å²) in [6.07, 6.45) is 9.89. The molecule has 4 nitrogen and oxygen atoms in total. The Labute approximate surface area is 123 Å². The average Bonchev–Trinajstić information content (AvgIpc) is 2.42. The van der Waals surface area contributed by atoms with Crippen molar-refractivity contribution in [1.29, 1.82) is 0 Å². The first-order chi connectivity index (χ1) is 9.60. The standard InChI is InChI=1S/C16H31NO3/c1-3-5-6-7-8-9-10-11-15(18)17-13-14(4-2)12-16(19)20/h14H,3-13H2,1-2H3,(H,17,18)(H,19,20). The Hall–Kier alpha value is -1.06. The minimum Gasteiger partial charge on any atom is -0.481 e. The van der Waals surface area contributed by atoms with Gasteiger partial charge in [0.05, 0.1) is 0 Å². The molecule has 0 aromatic heterocycles. The molecule has 0 bridgehead atoms. The van der Waals surface area contributed by atoms with Gasteiger partial charge in [0.25, 0.3) is 0 Å². The normalized spacial score (nSPS) is 12.1. The number of amides is 1. The lowest BCUT2D eigenvalue weighted by atomic mass is 10.0. The summed E-state index contributed by atoms with van der Waals surface area (Å²) in [4.78, 5) is 22.2. The van der Waals surface area contributed by atoms with Crippen LogP contribution in [0.3, 0.4) is 0 Å². The van der Waals surface area contributed by atoms with Crippen LogP contribution in [0.15, 0.2) is 0 Å². The lowest BCUT2D eigenvalue weighted by molar-refractivity contribution is -0.138. The fraction of sp³-hybridized carbons (Fsp3) is 0.875. The van der Waals surface area contributed by atoms with Crippen LogP contribution in [0.5, 0.6) is 0 Å². The topological polar surface area (TPSA) is 66.4 Å². The minimum atomic E-state index is -0.793. The monoisotopic (exact) mass is 285 g/mol. The third kappa shape index (κ3) is 12.0. The molecule has 0 heterocycles. The van der Waals surface area contributed by atoms with Crippen molar-refractivity contribution in [3.05, 3.63) is 0 Å². The maximum absolute atomic E-state index is 11.6. The SMILES string of the molecule is CCCCCCCCCC(=O)NCC(CC)CC(=O)O. The highest BCUT2D eigenvalue weighted by molar-refractivity contribution is 5.75. The van der Waals surface area contributed by atoms with Gasteiger partial charge in [0.1, 0.15) is 0 Å². The van der Waals surface area contributed by atoms with Crippen molar-refractivity contribution in [3.63, 3.8) is 0 Å². The van der Waals surface area contributed by atoms with Crippen LogP contribution in [-0.2, 0) is 9.59 Å². The van der Waals surface area contributed by atoms with E-state index in [-0.39, 0.29) is 18.2 Å². The number of aliphatic carboxylic acids is 1. The maximum atomic E-state index is 11.6. The summed E-state index contributed by atoms with van der Waals surface area (Å²) in [7, 11) is 0. The van der Waals surface area contributed by atoms with E-state index in [0.29, 0.717) is 13.0 Å². The van der Waals surface area contributed by atoms with Crippen LogP contribution in [0.25, 0.3) is 0 Å². The molecule has 0 aliphatic rings. The molecular weight excluding hydrogens is 254 g/mol.